The van der Waals surface area contributed by atoms with Crippen molar-refractivity contribution in [3.05, 3.63) is 98.6 Å². The molecule has 10 heteroatoms. The first-order valence-electron chi connectivity index (χ1n) is 8.81. The van der Waals surface area contributed by atoms with E-state index < -0.39 is 16.7 Å². The van der Waals surface area contributed by atoms with Gasteiger partial charge in [-0.3, -0.25) is 19.7 Å². The van der Waals surface area contributed by atoms with Gasteiger partial charge in [-0.25, -0.2) is 5.43 Å². The van der Waals surface area contributed by atoms with Crippen LogP contribution in [0.4, 0.5) is 11.4 Å². The zero-order valence-corrected chi connectivity index (χ0v) is 16.5. The molecule has 0 aliphatic rings. The van der Waals surface area contributed by atoms with Gasteiger partial charge in [-0.15, -0.1) is 0 Å². The molecular weight excluding hydrogens is 424 g/mol. The van der Waals surface area contributed by atoms with Crippen molar-refractivity contribution in [1.29, 1.82) is 0 Å². The second kappa shape index (κ2) is 9.51. The highest BCUT2D eigenvalue weighted by molar-refractivity contribution is 6.30. The van der Waals surface area contributed by atoms with E-state index in [-0.39, 0.29) is 22.6 Å². The van der Waals surface area contributed by atoms with E-state index in [1.165, 1.54) is 54.7 Å². The number of amides is 2. The predicted octanol–water partition coefficient (Wildman–Crippen LogP) is 3.97. The molecule has 0 aliphatic carbocycles. The summed E-state index contributed by atoms with van der Waals surface area (Å²) >= 11 is 5.85. The lowest BCUT2D eigenvalue weighted by molar-refractivity contribution is -0.384. The van der Waals surface area contributed by atoms with Gasteiger partial charge >= 0.3 is 0 Å². The van der Waals surface area contributed by atoms with Gasteiger partial charge in [0.2, 0.25) is 0 Å². The summed E-state index contributed by atoms with van der Waals surface area (Å²) in [5, 5.41) is 27.4. The second-order valence-electron chi connectivity index (χ2n) is 6.24. The average Bonchev–Trinajstić information content (AvgIpc) is 2.76. The summed E-state index contributed by atoms with van der Waals surface area (Å²) in [5.41, 5.74) is 3.07. The van der Waals surface area contributed by atoms with Crippen LogP contribution in [0.2, 0.25) is 5.02 Å². The number of nitrogens with zero attached hydrogens (tertiary/aromatic N) is 2. The third kappa shape index (κ3) is 5.64. The maximum atomic E-state index is 12.4. The van der Waals surface area contributed by atoms with Crippen LogP contribution in [0.5, 0.6) is 5.75 Å². The summed E-state index contributed by atoms with van der Waals surface area (Å²) in [5.74, 6) is -1.16. The van der Waals surface area contributed by atoms with Crippen LogP contribution in [0.15, 0.2) is 71.8 Å². The van der Waals surface area contributed by atoms with Gasteiger partial charge < -0.3 is 10.4 Å². The van der Waals surface area contributed by atoms with Gasteiger partial charge in [-0.05, 0) is 42.5 Å². The lowest BCUT2D eigenvalue weighted by Gasteiger charge is -2.07. The largest absolute Gasteiger partial charge is 0.507 e. The molecule has 9 nitrogen and oxygen atoms in total. The van der Waals surface area contributed by atoms with Crippen LogP contribution >= 0.6 is 11.6 Å². The van der Waals surface area contributed by atoms with Crippen molar-refractivity contribution in [2.45, 2.75) is 0 Å². The highest BCUT2D eigenvalue weighted by atomic mass is 35.5. The molecule has 0 atom stereocenters. The molecular formula is C21H15ClN4O5. The Morgan fingerprint density at radius 1 is 1.00 bits per heavy atom. The number of halogens is 1. The topological polar surface area (TPSA) is 134 Å². The van der Waals surface area contributed by atoms with E-state index >= 15 is 0 Å². The fourth-order valence-corrected chi connectivity index (χ4v) is 2.74. The molecule has 0 saturated carbocycles. The number of hydrogen-bond acceptors (Lipinski definition) is 6. The van der Waals surface area contributed by atoms with E-state index in [1.807, 2.05) is 0 Å². The molecule has 0 aliphatic heterocycles. The smallest absolute Gasteiger partial charge is 0.271 e. The Hall–Kier alpha value is -4.24. The number of aromatic hydroxyl groups is 1. The van der Waals surface area contributed by atoms with Crippen molar-refractivity contribution in [2.24, 2.45) is 5.10 Å². The van der Waals surface area contributed by atoms with Crippen LogP contribution in [0.1, 0.15) is 26.3 Å². The minimum atomic E-state index is -0.592. The van der Waals surface area contributed by atoms with Gasteiger partial charge in [0.1, 0.15) is 5.75 Å². The first-order chi connectivity index (χ1) is 14.8. The quantitative estimate of drug-likeness (QED) is 0.304. The zero-order valence-electron chi connectivity index (χ0n) is 15.8. The van der Waals surface area contributed by atoms with Gasteiger partial charge in [-0.1, -0.05) is 23.7 Å². The van der Waals surface area contributed by atoms with E-state index in [1.54, 1.807) is 12.1 Å². The summed E-state index contributed by atoms with van der Waals surface area (Å²) in [6, 6.07) is 15.8. The van der Waals surface area contributed by atoms with Crippen molar-refractivity contribution in [2.75, 3.05) is 5.32 Å². The number of anilines is 1. The highest BCUT2D eigenvalue weighted by Gasteiger charge is 2.13. The van der Waals surface area contributed by atoms with E-state index in [0.717, 1.165) is 6.07 Å². The molecule has 3 aromatic rings. The van der Waals surface area contributed by atoms with Gasteiger partial charge in [0.25, 0.3) is 17.5 Å². The Morgan fingerprint density at radius 3 is 2.45 bits per heavy atom. The summed E-state index contributed by atoms with van der Waals surface area (Å²) in [4.78, 5) is 35.0. The number of benzene rings is 3. The number of nitro groups is 1. The van der Waals surface area contributed by atoms with Crippen LogP contribution in [0.25, 0.3) is 0 Å². The lowest BCUT2D eigenvalue weighted by Crippen LogP contribution is -2.18. The first-order valence-corrected chi connectivity index (χ1v) is 9.19. The molecule has 0 radical (unpaired) electrons. The third-order valence-corrected chi connectivity index (χ3v) is 4.30. The Balaban J connectivity index is 1.68. The van der Waals surface area contributed by atoms with Crippen molar-refractivity contribution in [3.8, 4) is 5.75 Å². The van der Waals surface area contributed by atoms with E-state index in [9.17, 15) is 24.8 Å². The maximum absolute atomic E-state index is 12.4. The number of nitro benzene ring substituents is 1. The molecule has 0 bridgehead atoms. The molecule has 0 fully saturated rings. The number of hydrogen-bond donors (Lipinski definition) is 3. The van der Waals surface area contributed by atoms with Gasteiger partial charge in [0.05, 0.1) is 11.1 Å². The van der Waals surface area contributed by atoms with Crippen molar-refractivity contribution in [1.82, 2.24) is 5.43 Å². The second-order valence-corrected chi connectivity index (χ2v) is 6.68. The first kappa shape index (κ1) is 21.5. The fraction of sp³-hybridized carbons (Fsp3) is 0. The Bertz CT molecular complexity index is 1200. The number of hydrazone groups is 1. The molecule has 3 N–H and O–H groups in total. The molecule has 0 heterocycles. The highest BCUT2D eigenvalue weighted by Crippen LogP contribution is 2.20. The Kier molecular flexibility index (Phi) is 6.58. The van der Waals surface area contributed by atoms with Gasteiger partial charge in [0.15, 0.2) is 0 Å². The number of rotatable bonds is 6. The standard InChI is InChI=1S/C21H15ClN4O5/c22-16-7-8-19(27)15(9-16)12-23-25-21(29)13-3-1-5-17(10-13)24-20(28)14-4-2-6-18(11-14)26(30)31/h1-12,27H,(H,24,28)(H,25,29)/b23-12+. The van der Waals surface area contributed by atoms with E-state index in [0.29, 0.717) is 16.3 Å². The fourth-order valence-electron chi connectivity index (χ4n) is 2.56. The third-order valence-electron chi connectivity index (χ3n) is 4.06. The van der Waals surface area contributed by atoms with E-state index in [2.05, 4.69) is 15.8 Å². The maximum Gasteiger partial charge on any atom is 0.271 e. The molecule has 0 aromatic heterocycles. The SMILES string of the molecule is O=C(N/N=C/c1cc(Cl)ccc1O)c1cccc(NC(=O)c2cccc([N+](=O)[O-])c2)c1. The van der Waals surface area contributed by atoms with Crippen LogP contribution in [-0.2, 0) is 0 Å². The molecule has 156 valence electrons. The summed E-state index contributed by atoms with van der Waals surface area (Å²) in [6.45, 7) is 0. The van der Waals surface area contributed by atoms with Crippen LogP contribution < -0.4 is 10.7 Å². The Morgan fingerprint density at radius 2 is 1.71 bits per heavy atom. The summed E-state index contributed by atoms with van der Waals surface area (Å²) in [6.07, 6.45) is 1.24. The van der Waals surface area contributed by atoms with Crippen LogP contribution in [0.3, 0.4) is 0 Å². The normalized spacial score (nSPS) is 10.6. The minimum absolute atomic E-state index is 0.0479. The number of carbonyl (C=O) groups is 2. The Labute approximate surface area is 181 Å². The lowest BCUT2D eigenvalue weighted by atomic mass is 10.1. The van der Waals surface area contributed by atoms with Crippen molar-refractivity contribution >= 4 is 41.0 Å². The van der Waals surface area contributed by atoms with Crippen LogP contribution in [0, 0.1) is 10.1 Å². The summed E-state index contributed by atoms with van der Waals surface area (Å²) < 4.78 is 0. The van der Waals surface area contributed by atoms with Gasteiger partial charge in [-0.2, -0.15) is 5.10 Å². The van der Waals surface area contributed by atoms with E-state index in [4.69, 9.17) is 11.6 Å². The number of nitrogens with one attached hydrogen (secondary N) is 2. The number of phenols is 1. The average molecular weight is 439 g/mol. The molecule has 3 rings (SSSR count). The summed E-state index contributed by atoms with van der Waals surface area (Å²) in [7, 11) is 0. The predicted molar refractivity (Wildman–Crippen MR) is 116 cm³/mol. The van der Waals surface area contributed by atoms with Crippen molar-refractivity contribution in [3.63, 3.8) is 0 Å². The minimum Gasteiger partial charge on any atom is -0.507 e. The molecule has 0 spiro atoms. The monoisotopic (exact) mass is 438 g/mol. The number of carbonyl (C=O) groups excluding carboxylic acids is 2. The zero-order chi connectivity index (χ0) is 22.4. The van der Waals surface area contributed by atoms with Gasteiger partial charge in [0, 0.05) is 39.5 Å². The van der Waals surface area contributed by atoms with Crippen molar-refractivity contribution < 1.29 is 19.6 Å². The molecule has 0 saturated heterocycles. The number of non-ortho nitro benzene ring substituents is 1. The van der Waals surface area contributed by atoms with Crippen LogP contribution in [-0.4, -0.2) is 28.1 Å². The molecule has 3 aromatic carbocycles. The molecule has 31 heavy (non-hydrogen) atoms. The molecule has 0 unspecified atom stereocenters. The molecule has 2 amide bonds. The number of phenolic OH excluding ortho intramolecular Hbond substituents is 1.